The topological polar surface area (TPSA) is 42.2 Å². The second-order valence-electron chi connectivity index (χ2n) is 4.76. The van der Waals surface area contributed by atoms with Crippen LogP contribution in [0.3, 0.4) is 0 Å². The number of aryl methyl sites for hydroxylation is 3. The minimum atomic E-state index is 0.745. The monoisotopic (exact) mass is 350 g/mol. The fraction of sp³-hybridized carbons (Fsp3) is 0.286. The molecule has 0 radical (unpaired) electrons. The molecule has 0 aliphatic heterocycles. The Labute approximate surface area is 130 Å². The zero-order valence-corrected chi connectivity index (χ0v) is 14.0. The van der Waals surface area contributed by atoms with Crippen LogP contribution in [0.15, 0.2) is 22.1 Å². The number of rotatable bonds is 3. The third-order valence-corrected chi connectivity index (χ3v) is 4.71. The van der Waals surface area contributed by atoms with E-state index < -0.39 is 0 Å². The predicted octanol–water partition coefficient (Wildman–Crippen LogP) is 4.09. The molecule has 4 nitrogen and oxygen atoms in total. The molecule has 20 heavy (non-hydrogen) atoms. The molecular weight excluding hydrogens is 336 g/mol. The number of nitrogens with zero attached hydrogens (tertiary/aromatic N) is 3. The molecule has 0 aromatic carbocycles. The third kappa shape index (κ3) is 2.33. The molecular formula is C14H15BrN4S. The van der Waals surface area contributed by atoms with Crippen LogP contribution in [0.1, 0.15) is 22.8 Å². The average Bonchev–Trinajstić information content (AvgIpc) is 2.89. The summed E-state index contributed by atoms with van der Waals surface area (Å²) in [7, 11) is 0. The quantitative estimate of drug-likeness (QED) is 0.723. The van der Waals surface area contributed by atoms with Crippen LogP contribution in [0.5, 0.6) is 0 Å². The SMILES string of the molecule is Cc1nc(Br)ccc1NCc1c(C)nc2scc(C)n12. The van der Waals surface area contributed by atoms with Crippen molar-refractivity contribution in [3.63, 3.8) is 0 Å². The molecule has 0 bridgehead atoms. The molecule has 3 aromatic heterocycles. The minimum absolute atomic E-state index is 0.745. The van der Waals surface area contributed by atoms with Gasteiger partial charge in [0.05, 0.1) is 29.3 Å². The number of imidazole rings is 1. The molecule has 3 aromatic rings. The average molecular weight is 351 g/mol. The molecule has 0 fully saturated rings. The van der Waals surface area contributed by atoms with Gasteiger partial charge in [0.15, 0.2) is 4.96 Å². The molecule has 3 heterocycles. The predicted molar refractivity (Wildman–Crippen MR) is 86.5 cm³/mol. The summed E-state index contributed by atoms with van der Waals surface area (Å²) in [5, 5.41) is 5.59. The highest BCUT2D eigenvalue weighted by atomic mass is 79.9. The number of hydrogen-bond donors (Lipinski definition) is 1. The van der Waals surface area contributed by atoms with Gasteiger partial charge in [-0.25, -0.2) is 9.97 Å². The van der Waals surface area contributed by atoms with Crippen molar-refractivity contribution >= 4 is 37.9 Å². The van der Waals surface area contributed by atoms with Crippen molar-refractivity contribution in [3.05, 3.63) is 44.9 Å². The Balaban J connectivity index is 1.90. The Bertz CT molecular complexity index is 775. The molecule has 3 rings (SSSR count). The molecule has 1 N–H and O–H groups in total. The van der Waals surface area contributed by atoms with Crippen molar-refractivity contribution in [2.45, 2.75) is 27.3 Å². The van der Waals surface area contributed by atoms with Crippen molar-refractivity contribution in [1.82, 2.24) is 14.4 Å². The second kappa shape index (κ2) is 5.18. The van der Waals surface area contributed by atoms with Gasteiger partial charge in [-0.2, -0.15) is 0 Å². The standard InChI is InChI=1S/C14H15BrN4S/c1-8-7-20-14-18-10(3)12(19(8)14)6-16-11-4-5-13(15)17-9(11)2/h4-5,7,16H,6H2,1-3H3. The van der Waals surface area contributed by atoms with Gasteiger partial charge in [0, 0.05) is 11.1 Å². The highest BCUT2D eigenvalue weighted by Crippen LogP contribution is 2.22. The summed E-state index contributed by atoms with van der Waals surface area (Å²) in [6.45, 7) is 6.92. The molecule has 0 aliphatic carbocycles. The Kier molecular flexibility index (Phi) is 3.52. The first kappa shape index (κ1) is 13.6. The van der Waals surface area contributed by atoms with E-state index in [0.717, 1.165) is 33.2 Å². The summed E-state index contributed by atoms with van der Waals surface area (Å²) >= 11 is 5.06. The Morgan fingerprint density at radius 3 is 2.75 bits per heavy atom. The smallest absolute Gasteiger partial charge is 0.194 e. The molecule has 0 atom stereocenters. The van der Waals surface area contributed by atoms with Crippen LogP contribution in [0.2, 0.25) is 0 Å². The van der Waals surface area contributed by atoms with Crippen LogP contribution in [0, 0.1) is 20.8 Å². The van der Waals surface area contributed by atoms with Crippen molar-refractivity contribution in [2.24, 2.45) is 0 Å². The van der Waals surface area contributed by atoms with Crippen LogP contribution < -0.4 is 5.32 Å². The zero-order chi connectivity index (χ0) is 14.3. The molecule has 6 heteroatoms. The first-order chi connectivity index (χ1) is 9.56. The van der Waals surface area contributed by atoms with E-state index in [-0.39, 0.29) is 0 Å². The van der Waals surface area contributed by atoms with Crippen LogP contribution in [-0.2, 0) is 6.54 Å². The van der Waals surface area contributed by atoms with E-state index in [1.807, 2.05) is 19.1 Å². The molecule has 0 spiro atoms. The van der Waals surface area contributed by atoms with Gasteiger partial charge in [-0.1, -0.05) is 0 Å². The lowest BCUT2D eigenvalue weighted by Crippen LogP contribution is -2.06. The molecule has 0 saturated heterocycles. The summed E-state index contributed by atoms with van der Waals surface area (Å²) in [6.07, 6.45) is 0. The first-order valence-corrected chi connectivity index (χ1v) is 8.02. The third-order valence-electron chi connectivity index (χ3n) is 3.33. The number of nitrogens with one attached hydrogen (secondary N) is 1. The number of hydrogen-bond acceptors (Lipinski definition) is 4. The van der Waals surface area contributed by atoms with Gasteiger partial charge in [0.25, 0.3) is 0 Å². The number of anilines is 1. The van der Waals surface area contributed by atoms with E-state index in [4.69, 9.17) is 0 Å². The van der Waals surface area contributed by atoms with Gasteiger partial charge in [-0.15, -0.1) is 11.3 Å². The molecule has 0 aliphatic rings. The maximum atomic E-state index is 4.60. The Morgan fingerprint density at radius 2 is 2.00 bits per heavy atom. The summed E-state index contributed by atoms with van der Waals surface area (Å²) in [5.41, 5.74) is 5.56. The highest BCUT2D eigenvalue weighted by molar-refractivity contribution is 9.10. The summed E-state index contributed by atoms with van der Waals surface area (Å²) < 4.78 is 3.08. The number of fused-ring (bicyclic) bond motifs is 1. The minimum Gasteiger partial charge on any atom is -0.378 e. The van der Waals surface area contributed by atoms with Crippen LogP contribution in [-0.4, -0.2) is 14.4 Å². The highest BCUT2D eigenvalue weighted by Gasteiger charge is 2.12. The van der Waals surface area contributed by atoms with E-state index in [0.29, 0.717) is 0 Å². The van der Waals surface area contributed by atoms with Gasteiger partial charge >= 0.3 is 0 Å². The van der Waals surface area contributed by atoms with Crippen LogP contribution in [0.25, 0.3) is 4.96 Å². The van der Waals surface area contributed by atoms with Gasteiger partial charge in [-0.05, 0) is 48.8 Å². The maximum absolute atomic E-state index is 4.60. The summed E-state index contributed by atoms with van der Waals surface area (Å²) in [5.74, 6) is 0. The Morgan fingerprint density at radius 1 is 1.20 bits per heavy atom. The number of thiazole rings is 1. The van der Waals surface area contributed by atoms with Crippen molar-refractivity contribution < 1.29 is 0 Å². The normalized spacial score (nSPS) is 11.2. The van der Waals surface area contributed by atoms with Gasteiger partial charge in [0.1, 0.15) is 4.60 Å². The van der Waals surface area contributed by atoms with Crippen LogP contribution >= 0.6 is 27.3 Å². The lowest BCUT2D eigenvalue weighted by Gasteiger charge is -2.10. The summed E-state index contributed by atoms with van der Waals surface area (Å²) in [4.78, 5) is 10.1. The number of halogens is 1. The molecule has 0 amide bonds. The van der Waals surface area contributed by atoms with E-state index >= 15 is 0 Å². The van der Waals surface area contributed by atoms with Gasteiger partial charge in [-0.3, -0.25) is 4.40 Å². The van der Waals surface area contributed by atoms with Gasteiger partial charge < -0.3 is 5.32 Å². The van der Waals surface area contributed by atoms with Crippen molar-refractivity contribution in [2.75, 3.05) is 5.32 Å². The summed E-state index contributed by atoms with van der Waals surface area (Å²) in [6, 6.07) is 3.99. The number of aromatic nitrogens is 3. The van der Waals surface area contributed by atoms with E-state index in [9.17, 15) is 0 Å². The fourth-order valence-electron chi connectivity index (χ4n) is 2.27. The van der Waals surface area contributed by atoms with Crippen molar-refractivity contribution in [3.8, 4) is 0 Å². The largest absolute Gasteiger partial charge is 0.378 e. The van der Waals surface area contributed by atoms with Gasteiger partial charge in [0.2, 0.25) is 0 Å². The fourth-order valence-corrected chi connectivity index (χ4v) is 3.60. The maximum Gasteiger partial charge on any atom is 0.194 e. The van der Waals surface area contributed by atoms with Crippen molar-refractivity contribution in [1.29, 1.82) is 0 Å². The lowest BCUT2D eigenvalue weighted by molar-refractivity contribution is 0.961. The van der Waals surface area contributed by atoms with E-state index in [1.54, 1.807) is 11.3 Å². The van der Waals surface area contributed by atoms with E-state index in [1.165, 1.54) is 11.4 Å². The lowest BCUT2D eigenvalue weighted by atomic mass is 10.3. The number of pyridine rings is 1. The van der Waals surface area contributed by atoms with E-state index in [2.05, 4.69) is 54.8 Å². The molecule has 0 saturated carbocycles. The molecule has 0 unspecified atom stereocenters. The Hall–Kier alpha value is -1.40. The zero-order valence-electron chi connectivity index (χ0n) is 11.6. The molecule has 104 valence electrons. The first-order valence-electron chi connectivity index (χ1n) is 6.35. The second-order valence-corrected chi connectivity index (χ2v) is 6.41. The van der Waals surface area contributed by atoms with Crippen LogP contribution in [0.4, 0.5) is 5.69 Å².